The quantitative estimate of drug-likeness (QED) is 0.651. The van der Waals surface area contributed by atoms with Crippen molar-refractivity contribution in [3.05, 3.63) is 59.7 Å². The Morgan fingerprint density at radius 3 is 2.46 bits per heavy atom. The van der Waals surface area contributed by atoms with E-state index in [1.54, 1.807) is 0 Å². The molecule has 4 N–H and O–H groups in total. The molecule has 0 unspecified atom stereocenters. The number of hydrogen-bond donors (Lipinski definition) is 2. The zero-order chi connectivity index (χ0) is 17.2. The van der Waals surface area contributed by atoms with E-state index in [1.165, 1.54) is 0 Å². The van der Waals surface area contributed by atoms with Crippen molar-refractivity contribution in [3.63, 3.8) is 0 Å². The molecule has 0 fully saturated rings. The van der Waals surface area contributed by atoms with E-state index in [-0.39, 0.29) is 6.04 Å². The molecule has 0 heterocycles. The zero-order valence-corrected chi connectivity index (χ0v) is 14.4. The fourth-order valence-corrected chi connectivity index (χ4v) is 2.55. The lowest BCUT2D eigenvalue weighted by Gasteiger charge is -2.17. The first kappa shape index (κ1) is 18.3. The first-order chi connectivity index (χ1) is 11.7. The molecule has 4 heteroatoms. The minimum absolute atomic E-state index is 0.000991. The van der Waals surface area contributed by atoms with Gasteiger partial charge in [0.2, 0.25) is 0 Å². The molecule has 24 heavy (non-hydrogen) atoms. The van der Waals surface area contributed by atoms with Gasteiger partial charge in [-0.3, -0.25) is 0 Å². The van der Waals surface area contributed by atoms with Gasteiger partial charge in [0.05, 0.1) is 6.61 Å². The van der Waals surface area contributed by atoms with Crippen LogP contribution in [0.1, 0.15) is 43.4 Å². The molecule has 0 aliphatic heterocycles. The highest BCUT2D eigenvalue weighted by atomic mass is 16.5. The number of rotatable bonds is 10. The summed E-state index contributed by atoms with van der Waals surface area (Å²) in [5.74, 6) is 1.50. The largest absolute Gasteiger partial charge is 0.490 e. The average molecular weight is 328 g/mol. The summed E-state index contributed by atoms with van der Waals surface area (Å²) >= 11 is 0. The minimum atomic E-state index is -0.000991. The van der Waals surface area contributed by atoms with E-state index < -0.39 is 0 Å². The summed E-state index contributed by atoms with van der Waals surface area (Å²) in [6, 6.07) is 16.1. The molecule has 130 valence electrons. The molecule has 0 spiro atoms. The van der Waals surface area contributed by atoms with Crippen LogP contribution in [0, 0.1) is 0 Å². The molecule has 4 nitrogen and oxygen atoms in total. The number of unbranched alkanes of at least 4 members (excludes halogenated alkanes) is 1. The Morgan fingerprint density at radius 1 is 0.958 bits per heavy atom. The van der Waals surface area contributed by atoms with Gasteiger partial charge in [-0.15, -0.1) is 0 Å². The highest BCUT2D eigenvalue weighted by Gasteiger charge is 2.11. The molecular weight excluding hydrogens is 300 g/mol. The van der Waals surface area contributed by atoms with Crippen LogP contribution in [0.25, 0.3) is 0 Å². The zero-order valence-electron chi connectivity index (χ0n) is 14.4. The third-order valence-electron chi connectivity index (χ3n) is 3.90. The monoisotopic (exact) mass is 328 g/mol. The first-order valence-electron chi connectivity index (χ1n) is 8.63. The van der Waals surface area contributed by atoms with E-state index in [1.807, 2.05) is 55.5 Å². The lowest BCUT2D eigenvalue weighted by atomic mass is 10.0. The van der Waals surface area contributed by atoms with Gasteiger partial charge in [0, 0.05) is 6.04 Å². The summed E-state index contributed by atoms with van der Waals surface area (Å²) in [7, 11) is 0. The van der Waals surface area contributed by atoms with Crippen molar-refractivity contribution in [2.75, 3.05) is 13.2 Å². The molecule has 0 bridgehead atoms. The second kappa shape index (κ2) is 9.96. The molecule has 0 saturated carbocycles. The lowest BCUT2D eigenvalue weighted by molar-refractivity contribution is 0.269. The van der Waals surface area contributed by atoms with Crippen LogP contribution in [0.3, 0.4) is 0 Å². The molecule has 1 atom stereocenters. The summed E-state index contributed by atoms with van der Waals surface area (Å²) in [4.78, 5) is 0. The summed E-state index contributed by atoms with van der Waals surface area (Å²) in [6.07, 6.45) is 2.96. The molecule has 0 aliphatic carbocycles. The molecule has 2 rings (SSSR count). The van der Waals surface area contributed by atoms with Crippen molar-refractivity contribution in [1.29, 1.82) is 0 Å². The van der Waals surface area contributed by atoms with Crippen molar-refractivity contribution < 1.29 is 9.47 Å². The SMILES string of the molecule is CCOc1cc([C@H](N)CCCCN)ccc1OCc1ccccc1. The van der Waals surface area contributed by atoms with Crippen LogP contribution in [-0.2, 0) is 6.61 Å². The van der Waals surface area contributed by atoms with Crippen LogP contribution in [0.4, 0.5) is 0 Å². The van der Waals surface area contributed by atoms with E-state index >= 15 is 0 Å². The molecule has 2 aromatic rings. The Balaban J connectivity index is 2.05. The van der Waals surface area contributed by atoms with Gasteiger partial charge >= 0.3 is 0 Å². The maximum absolute atomic E-state index is 6.28. The van der Waals surface area contributed by atoms with E-state index in [0.717, 1.165) is 41.9 Å². The van der Waals surface area contributed by atoms with Gasteiger partial charge < -0.3 is 20.9 Å². The van der Waals surface area contributed by atoms with Crippen molar-refractivity contribution in [2.45, 2.75) is 38.8 Å². The van der Waals surface area contributed by atoms with Crippen molar-refractivity contribution in [1.82, 2.24) is 0 Å². The van der Waals surface area contributed by atoms with Crippen LogP contribution in [-0.4, -0.2) is 13.2 Å². The van der Waals surface area contributed by atoms with Gasteiger partial charge in [-0.05, 0) is 49.6 Å². The van der Waals surface area contributed by atoms with Crippen molar-refractivity contribution in [3.8, 4) is 11.5 Å². The number of ether oxygens (including phenoxy) is 2. The topological polar surface area (TPSA) is 70.5 Å². The summed E-state index contributed by atoms with van der Waals surface area (Å²) in [5, 5.41) is 0. The third-order valence-corrected chi connectivity index (χ3v) is 3.90. The molecule has 0 radical (unpaired) electrons. The Hall–Kier alpha value is -2.04. The van der Waals surface area contributed by atoms with Gasteiger partial charge in [-0.25, -0.2) is 0 Å². The molecule has 2 aromatic carbocycles. The van der Waals surface area contributed by atoms with Gasteiger partial charge in [0.1, 0.15) is 6.61 Å². The standard InChI is InChI=1S/C20H28N2O2/c1-2-23-20-14-17(18(22)10-6-7-13-21)11-12-19(20)24-15-16-8-4-3-5-9-16/h3-5,8-9,11-12,14,18H,2,6-7,10,13,15,21-22H2,1H3/t18-/m1/s1. The lowest BCUT2D eigenvalue weighted by Crippen LogP contribution is -2.11. The molecular formula is C20H28N2O2. The second-order valence-corrected chi connectivity index (χ2v) is 5.80. The molecule has 0 saturated heterocycles. The van der Waals surface area contributed by atoms with Crippen LogP contribution in [0.15, 0.2) is 48.5 Å². The highest BCUT2D eigenvalue weighted by Crippen LogP contribution is 2.32. The van der Waals surface area contributed by atoms with Crippen LogP contribution in [0.2, 0.25) is 0 Å². The number of benzene rings is 2. The first-order valence-corrected chi connectivity index (χ1v) is 8.63. The van der Waals surface area contributed by atoms with Crippen LogP contribution < -0.4 is 20.9 Å². The minimum Gasteiger partial charge on any atom is -0.490 e. The predicted molar refractivity (Wildman–Crippen MR) is 98.2 cm³/mol. The van der Waals surface area contributed by atoms with Crippen LogP contribution in [0.5, 0.6) is 11.5 Å². The Labute approximate surface area is 144 Å². The highest BCUT2D eigenvalue weighted by molar-refractivity contribution is 5.44. The van der Waals surface area contributed by atoms with Gasteiger partial charge in [-0.2, -0.15) is 0 Å². The maximum Gasteiger partial charge on any atom is 0.161 e. The average Bonchev–Trinajstić information content (AvgIpc) is 2.62. The van der Waals surface area contributed by atoms with E-state index in [9.17, 15) is 0 Å². The van der Waals surface area contributed by atoms with E-state index in [4.69, 9.17) is 20.9 Å². The second-order valence-electron chi connectivity index (χ2n) is 5.80. The summed E-state index contributed by atoms with van der Waals surface area (Å²) in [6.45, 7) is 3.79. The number of nitrogens with two attached hydrogens (primary N) is 2. The maximum atomic E-state index is 6.28. The fraction of sp³-hybridized carbons (Fsp3) is 0.400. The van der Waals surface area contributed by atoms with Gasteiger partial charge in [0.15, 0.2) is 11.5 Å². The Bertz CT molecular complexity index is 602. The Kier molecular flexibility index (Phi) is 7.59. The fourth-order valence-electron chi connectivity index (χ4n) is 2.55. The molecule has 0 aromatic heterocycles. The summed E-state index contributed by atoms with van der Waals surface area (Å²) < 4.78 is 11.7. The van der Waals surface area contributed by atoms with Crippen molar-refractivity contribution >= 4 is 0 Å². The van der Waals surface area contributed by atoms with E-state index in [2.05, 4.69) is 0 Å². The number of hydrogen-bond acceptors (Lipinski definition) is 4. The third kappa shape index (κ3) is 5.55. The molecule has 0 aliphatic rings. The van der Waals surface area contributed by atoms with Gasteiger partial charge in [-0.1, -0.05) is 42.8 Å². The summed E-state index contributed by atoms with van der Waals surface area (Å²) in [5.41, 5.74) is 14.0. The van der Waals surface area contributed by atoms with Crippen LogP contribution >= 0.6 is 0 Å². The van der Waals surface area contributed by atoms with Crippen molar-refractivity contribution in [2.24, 2.45) is 11.5 Å². The van der Waals surface area contributed by atoms with Gasteiger partial charge in [0.25, 0.3) is 0 Å². The predicted octanol–water partition coefficient (Wildman–Crippen LogP) is 3.79. The normalized spacial score (nSPS) is 12.0. The smallest absolute Gasteiger partial charge is 0.161 e. The molecule has 0 amide bonds. The van der Waals surface area contributed by atoms with E-state index in [0.29, 0.717) is 19.8 Å². The Morgan fingerprint density at radius 2 is 1.75 bits per heavy atom.